The van der Waals surface area contributed by atoms with E-state index in [1.807, 2.05) is 0 Å². The first-order chi connectivity index (χ1) is 8.11. The molecule has 0 heterocycles. The van der Waals surface area contributed by atoms with Gasteiger partial charge in [-0.15, -0.1) is 0 Å². The molecule has 7 heteroatoms. The summed E-state index contributed by atoms with van der Waals surface area (Å²) in [6.45, 7) is 5.16. The van der Waals surface area contributed by atoms with Crippen LogP contribution < -0.4 is 15.3 Å². The first-order valence-electron chi connectivity index (χ1n) is 5.29. The van der Waals surface area contributed by atoms with Gasteiger partial charge in [0.25, 0.3) is 0 Å². The number of carboxylic acids is 3. The Morgan fingerprint density at radius 2 is 1.06 bits per heavy atom. The third-order valence-electron chi connectivity index (χ3n) is 0.780. The van der Waals surface area contributed by atoms with Gasteiger partial charge in [-0.1, -0.05) is 0 Å². The van der Waals surface area contributed by atoms with Gasteiger partial charge in [0.05, 0.1) is 0 Å². The minimum atomic E-state index is -1.08. The third-order valence-corrected chi connectivity index (χ3v) is 2.15. The standard InChI is InChI=1S/C5H11.3C2H4O2.Pb/c1-3-5-4-2;3*1-2(3)4;/h1,3-5H2,2H3;3*1H3,(H,3,4);/q;;;;+3/p-3. The summed E-state index contributed by atoms with van der Waals surface area (Å²) in [6, 6.07) is 0. The van der Waals surface area contributed by atoms with Crippen molar-refractivity contribution in [3.05, 3.63) is 0 Å². The monoisotopic (exact) mass is 456 g/mol. The fraction of sp³-hybridized carbons (Fsp3) is 0.727. The van der Waals surface area contributed by atoms with E-state index in [2.05, 4.69) is 6.92 Å². The van der Waals surface area contributed by atoms with Crippen LogP contribution in [0.3, 0.4) is 0 Å². The van der Waals surface area contributed by atoms with Crippen LogP contribution in [-0.4, -0.2) is 43.7 Å². The van der Waals surface area contributed by atoms with Crippen LogP contribution in [0, 0.1) is 0 Å². The van der Waals surface area contributed by atoms with Gasteiger partial charge in [0, 0.05) is 17.9 Å². The van der Waals surface area contributed by atoms with E-state index in [1.165, 1.54) is 49.0 Å². The first-order valence-corrected chi connectivity index (χ1v) is 8.03. The molecule has 0 fully saturated rings. The van der Waals surface area contributed by atoms with Crippen LogP contribution >= 0.6 is 0 Å². The molecule has 0 unspecified atom stereocenters. The van der Waals surface area contributed by atoms with Crippen LogP contribution in [0.2, 0.25) is 3.98 Å². The summed E-state index contributed by atoms with van der Waals surface area (Å²) >= 11 is 1.40. The molecule has 0 aromatic carbocycles. The molecule has 0 amide bonds. The Morgan fingerprint density at radius 3 is 1.11 bits per heavy atom. The SMILES string of the molecule is CC(=O)[O-].CC(=O)[O-].CC(=O)[O-].CCCC[CH2][Pb+3]. The molecule has 0 aliphatic rings. The van der Waals surface area contributed by atoms with Gasteiger partial charge < -0.3 is 29.7 Å². The van der Waals surface area contributed by atoms with Crippen LogP contribution in [-0.2, 0) is 14.4 Å². The number of hydrogen-bond donors (Lipinski definition) is 0. The summed E-state index contributed by atoms with van der Waals surface area (Å²) in [4.78, 5) is 26.7. The van der Waals surface area contributed by atoms with E-state index in [-0.39, 0.29) is 0 Å². The van der Waals surface area contributed by atoms with Crippen molar-refractivity contribution in [1.82, 2.24) is 0 Å². The molecule has 0 rings (SSSR count). The molecule has 0 atom stereocenters. The van der Waals surface area contributed by atoms with Crippen molar-refractivity contribution in [3.63, 3.8) is 0 Å². The maximum absolute atomic E-state index is 8.89. The van der Waals surface area contributed by atoms with Gasteiger partial charge in [-0.05, 0) is 20.8 Å². The molecule has 0 N–H and O–H groups in total. The topological polar surface area (TPSA) is 120 Å². The first kappa shape index (κ1) is 26.0. The number of carbonyl (C=O) groups excluding carboxylic acids is 3. The molecule has 0 aromatic rings. The number of unbranched alkanes of at least 4 members (excludes halogenated alkanes) is 2. The fourth-order valence-corrected chi connectivity index (χ4v) is 1.35. The molecular formula is C11H20O6Pb. The van der Waals surface area contributed by atoms with Crippen LogP contribution in [0.1, 0.15) is 47.0 Å². The number of aliphatic carboxylic acids is 3. The molecule has 6 nitrogen and oxygen atoms in total. The van der Waals surface area contributed by atoms with Gasteiger partial charge in [-0.2, -0.15) is 0 Å². The second-order valence-corrected chi connectivity index (χ2v) is 4.88. The second-order valence-electron chi connectivity index (χ2n) is 2.93. The van der Waals surface area contributed by atoms with Crippen LogP contribution in [0.5, 0.6) is 0 Å². The van der Waals surface area contributed by atoms with Crippen molar-refractivity contribution < 1.29 is 29.7 Å². The minimum absolute atomic E-state index is 0.972. The summed E-state index contributed by atoms with van der Waals surface area (Å²) in [6.07, 6.45) is 4.30. The zero-order valence-corrected chi connectivity index (χ0v) is 15.2. The predicted molar refractivity (Wildman–Crippen MR) is 62.1 cm³/mol. The van der Waals surface area contributed by atoms with E-state index in [1.54, 1.807) is 0 Å². The average molecular weight is 455 g/mol. The zero-order valence-electron chi connectivity index (χ0n) is 11.3. The molecular weight excluding hydrogens is 435 g/mol. The van der Waals surface area contributed by atoms with Gasteiger partial charge in [-0.3, -0.25) is 0 Å². The maximum atomic E-state index is 8.89. The molecule has 0 spiro atoms. The molecule has 0 aliphatic carbocycles. The van der Waals surface area contributed by atoms with Crippen molar-refractivity contribution in [3.8, 4) is 0 Å². The number of hydrogen-bond acceptors (Lipinski definition) is 6. The Morgan fingerprint density at radius 1 is 0.833 bits per heavy atom. The van der Waals surface area contributed by atoms with Crippen LogP contribution in [0.15, 0.2) is 0 Å². The molecule has 0 radical (unpaired) electrons. The molecule has 18 heavy (non-hydrogen) atoms. The van der Waals surface area contributed by atoms with E-state index >= 15 is 0 Å². The zero-order chi connectivity index (χ0) is 15.6. The number of rotatable bonds is 3. The summed E-state index contributed by atoms with van der Waals surface area (Å²) in [5.41, 5.74) is 0. The average Bonchev–Trinajstić information content (AvgIpc) is 2.11. The molecule has 0 saturated heterocycles. The summed E-state index contributed by atoms with van der Waals surface area (Å²) in [7, 11) is 0. The van der Waals surface area contributed by atoms with E-state index in [4.69, 9.17) is 29.7 Å². The van der Waals surface area contributed by atoms with Gasteiger partial charge >= 0.3 is 55.9 Å². The Bertz CT molecular complexity index is 161. The van der Waals surface area contributed by atoms with Gasteiger partial charge in [0.1, 0.15) is 0 Å². The molecule has 0 bridgehead atoms. The summed E-state index contributed by atoms with van der Waals surface area (Å²) in [5.74, 6) is -3.25. The Balaban J connectivity index is -0.0000000742. The third kappa shape index (κ3) is 579. The predicted octanol–water partition coefficient (Wildman–Crippen LogP) is -1.97. The van der Waals surface area contributed by atoms with Crippen molar-refractivity contribution in [1.29, 1.82) is 0 Å². The summed E-state index contributed by atoms with van der Waals surface area (Å²) < 4.78 is 1.49. The number of carbonyl (C=O) groups is 3. The van der Waals surface area contributed by atoms with Gasteiger partial charge in [-0.25, -0.2) is 0 Å². The van der Waals surface area contributed by atoms with E-state index in [0.717, 1.165) is 20.8 Å². The van der Waals surface area contributed by atoms with Crippen LogP contribution in [0.4, 0.5) is 0 Å². The Kier molecular flexibility index (Phi) is 36.5. The number of carboxylic acid groups (broad SMARTS) is 3. The quantitative estimate of drug-likeness (QED) is 0.360. The van der Waals surface area contributed by atoms with Gasteiger partial charge in [0.2, 0.25) is 0 Å². The molecule has 0 saturated carbocycles. The van der Waals surface area contributed by atoms with Crippen molar-refractivity contribution in [2.75, 3.05) is 0 Å². The van der Waals surface area contributed by atoms with Crippen molar-refractivity contribution in [2.24, 2.45) is 0 Å². The van der Waals surface area contributed by atoms with E-state index in [9.17, 15) is 0 Å². The van der Waals surface area contributed by atoms with E-state index < -0.39 is 17.9 Å². The molecule has 0 aromatic heterocycles. The van der Waals surface area contributed by atoms with Crippen molar-refractivity contribution >= 4 is 43.7 Å². The molecule has 0 aliphatic heterocycles. The Labute approximate surface area is 124 Å². The second kappa shape index (κ2) is 25.2. The molecule has 104 valence electrons. The Hall–Kier alpha value is -0.668. The van der Waals surface area contributed by atoms with Gasteiger partial charge in [0.15, 0.2) is 0 Å². The normalized spacial score (nSPS) is 7.22. The van der Waals surface area contributed by atoms with Crippen molar-refractivity contribution in [2.45, 2.75) is 50.9 Å². The summed E-state index contributed by atoms with van der Waals surface area (Å²) in [5, 5.41) is 26.7. The van der Waals surface area contributed by atoms with Crippen LogP contribution in [0.25, 0.3) is 0 Å². The van der Waals surface area contributed by atoms with E-state index in [0.29, 0.717) is 0 Å². The fourth-order valence-electron chi connectivity index (χ4n) is 0.375.